The summed E-state index contributed by atoms with van der Waals surface area (Å²) in [5.74, 6) is 6.40. The molecule has 0 aliphatic rings. The molecule has 0 aliphatic heterocycles. The lowest BCUT2D eigenvalue weighted by Gasteiger charge is -2.27. The largest absolute Gasteiger partial charge is 0.343 e. The molecule has 0 aliphatic carbocycles. The van der Waals surface area contributed by atoms with Crippen LogP contribution in [0.2, 0.25) is 0 Å². The summed E-state index contributed by atoms with van der Waals surface area (Å²) in [5, 5.41) is 10.6. The monoisotopic (exact) mass is 449 g/mol. The van der Waals surface area contributed by atoms with E-state index in [0.29, 0.717) is 29.2 Å². The molecule has 3 heterocycles. The maximum absolute atomic E-state index is 13.6. The van der Waals surface area contributed by atoms with E-state index in [9.17, 15) is 9.59 Å². The van der Waals surface area contributed by atoms with Crippen LogP contribution in [-0.2, 0) is 20.1 Å². The average molecular weight is 450 g/mol. The number of aromatic amines is 1. The van der Waals surface area contributed by atoms with Gasteiger partial charge in [-0.1, -0.05) is 17.2 Å². The Labute approximate surface area is 189 Å². The van der Waals surface area contributed by atoms with Crippen molar-refractivity contribution < 1.29 is 0 Å². The van der Waals surface area contributed by atoms with Crippen molar-refractivity contribution in [3.63, 3.8) is 0 Å². The van der Waals surface area contributed by atoms with Crippen LogP contribution in [0.15, 0.2) is 27.8 Å². The maximum Gasteiger partial charge on any atom is 0.332 e. The molecule has 172 valence electrons. The van der Waals surface area contributed by atoms with E-state index in [-0.39, 0.29) is 13.1 Å². The number of H-pyrrole nitrogens is 1. The predicted octanol–water partition coefficient (Wildman–Crippen LogP) is 0.413. The SMILES string of the molecule is CC#CCn1c(N(C)CC(C)(C)N)nc2c1c(=O)n(Cc1ccc3[nH]nnc3c1)c(=O)n2C. The molecule has 3 N–H and O–H groups in total. The fourth-order valence-electron chi connectivity index (χ4n) is 3.95. The first kappa shape index (κ1) is 22.3. The minimum atomic E-state index is -0.486. The normalized spacial score (nSPS) is 11.7. The molecule has 0 fully saturated rings. The van der Waals surface area contributed by atoms with Gasteiger partial charge in [-0.15, -0.1) is 11.0 Å². The van der Waals surface area contributed by atoms with Gasteiger partial charge in [0.1, 0.15) is 5.52 Å². The van der Waals surface area contributed by atoms with E-state index in [1.165, 1.54) is 9.13 Å². The van der Waals surface area contributed by atoms with Crippen LogP contribution < -0.4 is 21.9 Å². The molecule has 0 atom stereocenters. The molecule has 0 unspecified atom stereocenters. The third-order valence-electron chi connectivity index (χ3n) is 5.34. The van der Waals surface area contributed by atoms with Crippen LogP contribution in [0.1, 0.15) is 26.3 Å². The summed E-state index contributed by atoms with van der Waals surface area (Å²) in [7, 11) is 3.47. The van der Waals surface area contributed by atoms with E-state index in [1.807, 2.05) is 37.9 Å². The third kappa shape index (κ3) is 4.12. The number of aromatic nitrogens is 7. The van der Waals surface area contributed by atoms with Gasteiger partial charge in [0.25, 0.3) is 5.56 Å². The molecule has 33 heavy (non-hydrogen) atoms. The van der Waals surface area contributed by atoms with Crippen molar-refractivity contribution in [2.75, 3.05) is 18.5 Å². The molecule has 11 nitrogen and oxygen atoms in total. The number of imidazole rings is 1. The molecule has 0 amide bonds. The number of aryl methyl sites for hydroxylation is 1. The standard InChI is InChI=1S/C22H27N9O2/c1-6-7-10-30-17-18(24-20(30)28(4)13-22(2,3)23)29(5)21(33)31(19(17)32)12-14-8-9-15-16(11-14)26-27-25-15/h8-9,11H,10,12-13,23H2,1-5H3,(H,25,26,27). The molecule has 0 radical (unpaired) electrons. The second kappa shape index (κ2) is 8.22. The van der Waals surface area contributed by atoms with E-state index in [2.05, 4.69) is 32.2 Å². The molecule has 0 saturated carbocycles. The highest BCUT2D eigenvalue weighted by atomic mass is 16.2. The van der Waals surface area contributed by atoms with Crippen LogP contribution in [0.3, 0.4) is 0 Å². The number of fused-ring (bicyclic) bond motifs is 2. The lowest BCUT2D eigenvalue weighted by Crippen LogP contribution is -2.44. The van der Waals surface area contributed by atoms with Crippen molar-refractivity contribution in [1.29, 1.82) is 0 Å². The minimum Gasteiger partial charge on any atom is -0.343 e. The number of hydrogen-bond donors (Lipinski definition) is 2. The van der Waals surface area contributed by atoms with Crippen LogP contribution in [0, 0.1) is 11.8 Å². The highest BCUT2D eigenvalue weighted by Crippen LogP contribution is 2.20. The summed E-state index contributed by atoms with van der Waals surface area (Å²) in [4.78, 5) is 33.2. The molecular formula is C22H27N9O2. The molecule has 0 bridgehead atoms. The zero-order valence-corrected chi connectivity index (χ0v) is 19.4. The Bertz CT molecular complexity index is 1520. The number of nitrogens with zero attached hydrogens (tertiary/aromatic N) is 7. The molecule has 3 aromatic heterocycles. The molecular weight excluding hydrogens is 422 g/mol. The van der Waals surface area contributed by atoms with Crippen LogP contribution in [-0.4, -0.2) is 53.2 Å². The molecule has 1 aromatic carbocycles. The lowest BCUT2D eigenvalue weighted by atomic mass is 10.1. The first-order valence-corrected chi connectivity index (χ1v) is 10.5. The first-order valence-electron chi connectivity index (χ1n) is 10.5. The second-order valence-corrected chi connectivity index (χ2v) is 8.84. The van der Waals surface area contributed by atoms with Crippen LogP contribution in [0.4, 0.5) is 5.95 Å². The van der Waals surface area contributed by atoms with Gasteiger partial charge in [-0.05, 0) is 38.5 Å². The van der Waals surface area contributed by atoms with Crippen molar-refractivity contribution in [3.05, 3.63) is 44.6 Å². The second-order valence-electron chi connectivity index (χ2n) is 8.84. The number of hydrogen-bond acceptors (Lipinski definition) is 7. The summed E-state index contributed by atoms with van der Waals surface area (Å²) in [5.41, 5.74) is 7.67. The molecule has 0 spiro atoms. The van der Waals surface area contributed by atoms with Gasteiger partial charge in [0, 0.05) is 26.2 Å². The number of rotatable bonds is 6. The Kier molecular flexibility index (Phi) is 5.55. The Morgan fingerprint density at radius 2 is 2.00 bits per heavy atom. The van der Waals surface area contributed by atoms with Crippen molar-refractivity contribution in [1.82, 2.24) is 34.1 Å². The quantitative estimate of drug-likeness (QED) is 0.408. The molecule has 4 rings (SSSR count). The number of likely N-dealkylation sites (N-methyl/N-ethyl adjacent to an activating group) is 1. The van der Waals surface area contributed by atoms with E-state index >= 15 is 0 Å². The molecule has 0 saturated heterocycles. The van der Waals surface area contributed by atoms with Gasteiger partial charge < -0.3 is 10.6 Å². The zero-order valence-electron chi connectivity index (χ0n) is 19.4. The van der Waals surface area contributed by atoms with E-state index in [0.717, 1.165) is 11.1 Å². The fourth-order valence-corrected chi connectivity index (χ4v) is 3.95. The maximum atomic E-state index is 13.6. The smallest absolute Gasteiger partial charge is 0.332 e. The summed E-state index contributed by atoms with van der Waals surface area (Å²) in [6, 6.07) is 5.46. The first-order chi connectivity index (χ1) is 15.6. The Morgan fingerprint density at radius 1 is 1.24 bits per heavy atom. The summed E-state index contributed by atoms with van der Waals surface area (Å²) < 4.78 is 4.35. The van der Waals surface area contributed by atoms with Gasteiger partial charge in [0.05, 0.1) is 18.6 Å². The van der Waals surface area contributed by atoms with Crippen molar-refractivity contribution in [3.8, 4) is 11.8 Å². The van der Waals surface area contributed by atoms with Gasteiger partial charge >= 0.3 is 5.69 Å². The van der Waals surface area contributed by atoms with E-state index < -0.39 is 16.8 Å². The van der Waals surface area contributed by atoms with Crippen LogP contribution in [0.25, 0.3) is 22.2 Å². The van der Waals surface area contributed by atoms with Crippen LogP contribution >= 0.6 is 0 Å². The highest BCUT2D eigenvalue weighted by Gasteiger charge is 2.24. The summed E-state index contributed by atoms with van der Waals surface area (Å²) in [6.45, 7) is 6.41. The number of nitrogens with one attached hydrogen (secondary N) is 1. The van der Waals surface area contributed by atoms with Gasteiger partial charge in [0.15, 0.2) is 11.2 Å². The minimum absolute atomic E-state index is 0.0931. The Balaban J connectivity index is 1.91. The highest BCUT2D eigenvalue weighted by molar-refractivity contribution is 5.75. The number of nitrogens with two attached hydrogens (primary N) is 1. The predicted molar refractivity (Wildman–Crippen MR) is 127 cm³/mol. The molecule has 4 aromatic rings. The average Bonchev–Trinajstić information content (AvgIpc) is 3.36. The van der Waals surface area contributed by atoms with Gasteiger partial charge in [-0.25, -0.2) is 4.79 Å². The van der Waals surface area contributed by atoms with Gasteiger partial charge in [-0.3, -0.25) is 23.6 Å². The van der Waals surface area contributed by atoms with E-state index in [4.69, 9.17) is 5.73 Å². The summed E-state index contributed by atoms with van der Waals surface area (Å²) >= 11 is 0. The lowest BCUT2D eigenvalue weighted by molar-refractivity contribution is 0.512. The topological polar surface area (TPSA) is 133 Å². The third-order valence-corrected chi connectivity index (χ3v) is 5.34. The van der Waals surface area contributed by atoms with E-state index in [1.54, 1.807) is 24.6 Å². The molecule has 11 heteroatoms. The van der Waals surface area contributed by atoms with Gasteiger partial charge in [0.2, 0.25) is 5.95 Å². The summed E-state index contributed by atoms with van der Waals surface area (Å²) in [6.07, 6.45) is 0. The number of benzene rings is 1. The van der Waals surface area contributed by atoms with Crippen molar-refractivity contribution >= 4 is 28.1 Å². The van der Waals surface area contributed by atoms with Crippen molar-refractivity contribution in [2.45, 2.75) is 39.4 Å². The Morgan fingerprint density at radius 3 is 2.70 bits per heavy atom. The fraction of sp³-hybridized carbons (Fsp3) is 0.409. The van der Waals surface area contributed by atoms with Crippen LogP contribution in [0.5, 0.6) is 0 Å². The van der Waals surface area contributed by atoms with Gasteiger partial charge in [-0.2, -0.15) is 4.98 Å². The Hall–Kier alpha value is -3.91. The van der Waals surface area contributed by atoms with Crippen molar-refractivity contribution in [2.24, 2.45) is 12.8 Å². The zero-order chi connectivity index (χ0) is 23.9. The number of anilines is 1.